The van der Waals surface area contributed by atoms with Gasteiger partial charge in [0.15, 0.2) is 0 Å². The lowest BCUT2D eigenvalue weighted by atomic mass is 10.2. The first kappa shape index (κ1) is 19.6. The third-order valence-electron chi connectivity index (χ3n) is 3.62. The van der Waals surface area contributed by atoms with Crippen molar-refractivity contribution in [3.8, 4) is 0 Å². The molecule has 0 fully saturated rings. The fraction of sp³-hybridized carbons (Fsp3) is 0.333. The van der Waals surface area contributed by atoms with Crippen LogP contribution in [0.25, 0.3) is 11.0 Å². The summed E-state index contributed by atoms with van der Waals surface area (Å²) in [7, 11) is 3.07. The molecular weight excluding hydrogens is 349 g/mol. The Bertz CT molecular complexity index is 851. The number of hydrogen-bond donors (Lipinski definition) is 0. The molecule has 0 radical (unpaired) electrons. The summed E-state index contributed by atoms with van der Waals surface area (Å²) in [5.41, 5.74) is 1.81. The summed E-state index contributed by atoms with van der Waals surface area (Å²) in [6, 6.07) is 4.97. The van der Waals surface area contributed by atoms with E-state index in [0.29, 0.717) is 29.7 Å². The third-order valence-corrected chi connectivity index (χ3v) is 3.62. The molecule has 0 bridgehead atoms. The zero-order valence-corrected chi connectivity index (χ0v) is 14.6. The number of benzene rings is 1. The number of imidazole rings is 1. The van der Waals surface area contributed by atoms with E-state index in [9.17, 15) is 18.0 Å². The van der Waals surface area contributed by atoms with Gasteiger partial charge in [0, 0.05) is 13.5 Å². The van der Waals surface area contributed by atoms with Gasteiger partial charge in [-0.3, -0.25) is 0 Å². The molecule has 26 heavy (non-hydrogen) atoms. The van der Waals surface area contributed by atoms with Gasteiger partial charge >= 0.3 is 12.3 Å². The van der Waals surface area contributed by atoms with E-state index in [1.807, 2.05) is 0 Å². The molecule has 2 aromatic rings. The van der Waals surface area contributed by atoms with E-state index in [1.165, 1.54) is 19.3 Å². The number of carbonyl (C=O) groups excluding carboxylic acids is 1. The largest absolute Gasteiger partial charge is 0.573 e. The number of carbonyl (C=O) groups is 1. The predicted octanol–water partition coefficient (Wildman–Crippen LogP) is 4.29. The highest BCUT2D eigenvalue weighted by Crippen LogP contribution is 2.22. The van der Waals surface area contributed by atoms with Crippen LogP contribution in [0, 0.1) is 0 Å². The van der Waals surface area contributed by atoms with Crippen LogP contribution >= 0.6 is 0 Å². The normalized spacial score (nSPS) is 12.8. The topological polar surface area (TPSA) is 53.3 Å². The number of alkyl halides is 3. The number of halogens is 3. The second kappa shape index (κ2) is 8.07. The number of rotatable bonds is 6. The van der Waals surface area contributed by atoms with Crippen molar-refractivity contribution >= 4 is 17.0 Å². The molecule has 8 heteroatoms. The Hall–Kier alpha value is -2.77. The van der Waals surface area contributed by atoms with Gasteiger partial charge in [0.25, 0.3) is 0 Å². The van der Waals surface area contributed by atoms with Crippen LogP contribution in [0.5, 0.6) is 0 Å². The molecule has 0 amide bonds. The number of esters is 1. The number of aryl methyl sites for hydroxylation is 1. The Balaban J connectivity index is 2.21. The van der Waals surface area contributed by atoms with Crippen molar-refractivity contribution in [1.82, 2.24) is 9.55 Å². The molecule has 1 aromatic heterocycles. The summed E-state index contributed by atoms with van der Waals surface area (Å²) in [6.07, 6.45) is 0.167. The zero-order chi connectivity index (χ0) is 19.3. The molecule has 0 saturated carbocycles. The highest BCUT2D eigenvalue weighted by atomic mass is 19.4. The van der Waals surface area contributed by atoms with E-state index < -0.39 is 12.3 Å². The number of nitrogens with zero attached hydrogens (tertiary/aromatic N) is 2. The highest BCUT2D eigenvalue weighted by molar-refractivity contribution is 5.93. The molecule has 140 valence electrons. The fourth-order valence-corrected chi connectivity index (χ4v) is 2.43. The van der Waals surface area contributed by atoms with Gasteiger partial charge in [0.2, 0.25) is 0 Å². The molecular formula is C18H19F3N2O3. The van der Waals surface area contributed by atoms with E-state index in [4.69, 9.17) is 4.74 Å². The van der Waals surface area contributed by atoms with Crippen molar-refractivity contribution in [2.45, 2.75) is 26.1 Å². The first-order valence-electron chi connectivity index (χ1n) is 7.91. The molecule has 2 rings (SSSR count). The Kier molecular flexibility index (Phi) is 6.07. The van der Waals surface area contributed by atoms with Gasteiger partial charge in [0.1, 0.15) is 11.6 Å². The monoisotopic (exact) mass is 368 g/mol. The van der Waals surface area contributed by atoms with Crippen LogP contribution in [0.1, 0.15) is 29.5 Å². The Morgan fingerprint density at radius 3 is 2.69 bits per heavy atom. The Labute approximate surface area is 148 Å². The average molecular weight is 368 g/mol. The van der Waals surface area contributed by atoms with Crippen molar-refractivity contribution in [2.24, 2.45) is 7.05 Å². The molecule has 0 spiro atoms. The fourth-order valence-electron chi connectivity index (χ4n) is 2.43. The number of allylic oxidation sites excluding steroid dienone is 3. The summed E-state index contributed by atoms with van der Waals surface area (Å²) in [5, 5.41) is 0. The predicted molar refractivity (Wildman–Crippen MR) is 90.4 cm³/mol. The van der Waals surface area contributed by atoms with Crippen molar-refractivity contribution in [3.63, 3.8) is 0 Å². The van der Waals surface area contributed by atoms with Gasteiger partial charge in [-0.25, -0.2) is 9.78 Å². The molecule has 1 aromatic carbocycles. The molecule has 5 nitrogen and oxygen atoms in total. The summed E-state index contributed by atoms with van der Waals surface area (Å²) in [5.74, 6) is -0.0685. The van der Waals surface area contributed by atoms with Crippen LogP contribution in [-0.2, 0) is 22.9 Å². The van der Waals surface area contributed by atoms with Crippen molar-refractivity contribution in [1.29, 1.82) is 0 Å². The van der Waals surface area contributed by atoms with E-state index in [2.05, 4.69) is 9.72 Å². The van der Waals surface area contributed by atoms with Crippen LogP contribution in [-0.4, -0.2) is 29.0 Å². The van der Waals surface area contributed by atoms with E-state index in [1.54, 1.807) is 42.8 Å². The van der Waals surface area contributed by atoms with Crippen molar-refractivity contribution < 1.29 is 27.4 Å². The van der Waals surface area contributed by atoms with E-state index >= 15 is 0 Å². The number of fused-ring (bicyclic) bond motifs is 1. The Morgan fingerprint density at radius 1 is 1.35 bits per heavy atom. The standard InChI is InChI=1S/C18H19F3N2O3/c1-4-6-13(26-18(19,20)21)7-5-8-16-22-14-10-9-12(17(24)25-3)11-15(14)23(16)2/h5-7,9-11H,4,8H2,1-3H3/b7-5-,13-6+. The molecule has 0 N–H and O–H groups in total. The summed E-state index contributed by atoms with van der Waals surface area (Å²) < 4.78 is 47.5. The maximum Gasteiger partial charge on any atom is 0.573 e. The van der Waals surface area contributed by atoms with Crippen LogP contribution < -0.4 is 0 Å². The molecule has 0 aliphatic rings. The van der Waals surface area contributed by atoms with Crippen LogP contribution in [0.4, 0.5) is 13.2 Å². The lowest BCUT2D eigenvalue weighted by molar-refractivity contribution is -0.303. The van der Waals surface area contributed by atoms with Gasteiger partial charge in [-0.2, -0.15) is 0 Å². The number of hydrogen-bond acceptors (Lipinski definition) is 4. The minimum atomic E-state index is -4.73. The maximum atomic E-state index is 12.4. The summed E-state index contributed by atoms with van der Waals surface area (Å²) in [4.78, 5) is 16.1. The quantitative estimate of drug-likeness (QED) is 0.434. The van der Waals surface area contributed by atoms with Gasteiger partial charge in [-0.15, -0.1) is 13.2 Å². The zero-order valence-electron chi connectivity index (χ0n) is 14.6. The SMILES string of the molecule is CC/C=C(\C=C/Cc1nc2ccc(C(=O)OC)cc2n1C)OC(F)(F)F. The summed E-state index contributed by atoms with van der Waals surface area (Å²) in [6.45, 7) is 1.72. The van der Waals surface area contributed by atoms with Crippen molar-refractivity contribution in [2.75, 3.05) is 7.11 Å². The first-order chi connectivity index (χ1) is 12.2. The van der Waals surface area contributed by atoms with E-state index in [-0.39, 0.29) is 5.76 Å². The van der Waals surface area contributed by atoms with Crippen LogP contribution in [0.15, 0.2) is 42.2 Å². The van der Waals surface area contributed by atoms with Crippen molar-refractivity contribution in [3.05, 3.63) is 53.6 Å². The lowest BCUT2D eigenvalue weighted by Crippen LogP contribution is -2.12. The van der Waals surface area contributed by atoms with Gasteiger partial charge in [-0.05, 0) is 36.8 Å². The maximum absolute atomic E-state index is 12.4. The lowest BCUT2D eigenvalue weighted by Gasteiger charge is -2.09. The van der Waals surface area contributed by atoms with Gasteiger partial charge < -0.3 is 14.0 Å². The van der Waals surface area contributed by atoms with Crippen LogP contribution in [0.2, 0.25) is 0 Å². The Morgan fingerprint density at radius 2 is 2.08 bits per heavy atom. The van der Waals surface area contributed by atoms with Gasteiger partial charge in [0.05, 0.1) is 23.7 Å². The summed E-state index contributed by atoms with van der Waals surface area (Å²) >= 11 is 0. The molecule has 0 saturated heterocycles. The number of methoxy groups -OCH3 is 1. The molecule has 0 aliphatic heterocycles. The highest BCUT2D eigenvalue weighted by Gasteiger charge is 2.31. The molecule has 0 unspecified atom stereocenters. The first-order valence-corrected chi connectivity index (χ1v) is 7.91. The molecule has 0 atom stereocenters. The second-order valence-electron chi connectivity index (χ2n) is 5.45. The van der Waals surface area contributed by atoms with E-state index in [0.717, 1.165) is 5.52 Å². The smallest absolute Gasteiger partial charge is 0.465 e. The van der Waals surface area contributed by atoms with Gasteiger partial charge in [-0.1, -0.05) is 13.0 Å². The minimum absolute atomic E-state index is 0.258. The minimum Gasteiger partial charge on any atom is -0.465 e. The molecule has 0 aliphatic carbocycles. The third kappa shape index (κ3) is 4.87. The number of aromatic nitrogens is 2. The average Bonchev–Trinajstić information content (AvgIpc) is 2.88. The number of ether oxygens (including phenoxy) is 2. The second-order valence-corrected chi connectivity index (χ2v) is 5.45. The molecule has 1 heterocycles. The van der Waals surface area contributed by atoms with Crippen LogP contribution in [0.3, 0.4) is 0 Å².